The molecule has 0 aliphatic carbocycles. The van der Waals surface area contributed by atoms with Gasteiger partial charge in [-0.1, -0.05) is 47.1 Å². The van der Waals surface area contributed by atoms with Gasteiger partial charge in [-0.15, -0.1) is 5.10 Å². The zero-order chi connectivity index (χ0) is 14.8. The third-order valence-corrected chi connectivity index (χ3v) is 3.26. The number of benzene rings is 2. The van der Waals surface area contributed by atoms with E-state index in [1.807, 2.05) is 36.4 Å². The number of hydrogen-bond donors (Lipinski definition) is 0. The number of nitriles is 1. The second-order valence-electron chi connectivity index (χ2n) is 4.27. The van der Waals surface area contributed by atoms with Crippen molar-refractivity contribution >= 4 is 11.6 Å². The third kappa shape index (κ3) is 2.37. The van der Waals surface area contributed by atoms with Gasteiger partial charge < -0.3 is 0 Å². The summed E-state index contributed by atoms with van der Waals surface area (Å²) in [5.41, 5.74) is 2.07. The van der Waals surface area contributed by atoms with Crippen LogP contribution in [0.2, 0.25) is 5.02 Å². The van der Waals surface area contributed by atoms with E-state index < -0.39 is 5.82 Å². The van der Waals surface area contributed by atoms with E-state index >= 15 is 0 Å². The summed E-state index contributed by atoms with van der Waals surface area (Å²) in [4.78, 5) is 0. The quantitative estimate of drug-likeness (QED) is 0.726. The summed E-state index contributed by atoms with van der Waals surface area (Å²) in [5.74, 6) is -0.512. The first-order valence-corrected chi connectivity index (χ1v) is 6.45. The lowest BCUT2D eigenvalue weighted by molar-refractivity contribution is 0.627. The molecule has 102 valence electrons. The van der Waals surface area contributed by atoms with Gasteiger partial charge in [0.1, 0.15) is 17.6 Å². The van der Waals surface area contributed by atoms with E-state index in [4.69, 9.17) is 11.6 Å². The second-order valence-corrected chi connectivity index (χ2v) is 4.68. The first kappa shape index (κ1) is 13.3. The van der Waals surface area contributed by atoms with E-state index in [0.717, 1.165) is 5.56 Å². The van der Waals surface area contributed by atoms with Crippen LogP contribution in [-0.2, 0) is 0 Å². The minimum atomic E-state index is -0.512. The summed E-state index contributed by atoms with van der Waals surface area (Å²) in [6.07, 6.45) is 0. The maximum Gasteiger partial charge on any atom is 0.191 e. The summed E-state index contributed by atoms with van der Waals surface area (Å²) < 4.78 is 14.8. The average Bonchev–Trinajstić information content (AvgIpc) is 2.95. The molecule has 4 nitrogen and oxygen atoms in total. The maximum absolute atomic E-state index is 13.3. The summed E-state index contributed by atoms with van der Waals surface area (Å²) in [6.45, 7) is 0. The van der Waals surface area contributed by atoms with Crippen molar-refractivity contribution in [2.45, 2.75) is 0 Å². The van der Waals surface area contributed by atoms with Crippen LogP contribution in [-0.4, -0.2) is 15.0 Å². The van der Waals surface area contributed by atoms with Crippen LogP contribution in [0.3, 0.4) is 0 Å². The predicted molar refractivity (Wildman–Crippen MR) is 76.5 cm³/mol. The Bertz CT molecular complexity index is 837. The molecule has 3 aromatic rings. The van der Waals surface area contributed by atoms with Gasteiger partial charge in [0.2, 0.25) is 0 Å². The Balaban J connectivity index is 2.23. The highest BCUT2D eigenvalue weighted by molar-refractivity contribution is 6.30. The minimum absolute atomic E-state index is 0.0134. The van der Waals surface area contributed by atoms with Crippen molar-refractivity contribution in [3.05, 3.63) is 65.1 Å². The highest BCUT2D eigenvalue weighted by Crippen LogP contribution is 2.26. The minimum Gasteiger partial charge on any atom is -0.211 e. The summed E-state index contributed by atoms with van der Waals surface area (Å²) in [7, 11) is 0. The predicted octanol–water partition coefficient (Wildman–Crippen LogP) is 3.60. The van der Waals surface area contributed by atoms with Crippen LogP contribution < -0.4 is 0 Å². The Morgan fingerprint density at radius 1 is 1.14 bits per heavy atom. The monoisotopic (exact) mass is 298 g/mol. The molecule has 0 atom stereocenters. The van der Waals surface area contributed by atoms with Crippen molar-refractivity contribution in [1.29, 1.82) is 5.26 Å². The highest BCUT2D eigenvalue weighted by Gasteiger charge is 2.16. The van der Waals surface area contributed by atoms with Gasteiger partial charge in [0.05, 0.1) is 10.7 Å². The zero-order valence-corrected chi connectivity index (χ0v) is 11.4. The van der Waals surface area contributed by atoms with Gasteiger partial charge in [-0.2, -0.15) is 5.26 Å². The molecular formula is C15H8ClFN4. The van der Waals surface area contributed by atoms with E-state index in [0.29, 0.717) is 11.4 Å². The first-order valence-electron chi connectivity index (χ1n) is 6.07. The topological polar surface area (TPSA) is 54.5 Å². The molecule has 1 aromatic heterocycles. The van der Waals surface area contributed by atoms with E-state index in [1.165, 1.54) is 22.9 Å². The molecule has 0 saturated carbocycles. The molecule has 6 heteroatoms. The van der Waals surface area contributed by atoms with Gasteiger partial charge in [-0.25, -0.2) is 9.07 Å². The maximum atomic E-state index is 13.3. The van der Waals surface area contributed by atoms with Crippen LogP contribution in [0.25, 0.3) is 16.9 Å². The molecule has 0 fully saturated rings. The Hall–Kier alpha value is -2.71. The van der Waals surface area contributed by atoms with Crippen molar-refractivity contribution in [3.63, 3.8) is 0 Å². The van der Waals surface area contributed by atoms with Crippen LogP contribution in [0.5, 0.6) is 0 Å². The van der Waals surface area contributed by atoms with Crippen LogP contribution in [0.1, 0.15) is 5.69 Å². The van der Waals surface area contributed by atoms with Crippen molar-refractivity contribution in [2.75, 3.05) is 0 Å². The van der Waals surface area contributed by atoms with Crippen molar-refractivity contribution in [3.8, 4) is 23.0 Å². The lowest BCUT2D eigenvalue weighted by Gasteiger charge is -2.07. The van der Waals surface area contributed by atoms with Gasteiger partial charge >= 0.3 is 0 Å². The third-order valence-electron chi connectivity index (χ3n) is 2.97. The van der Waals surface area contributed by atoms with E-state index in [9.17, 15) is 9.65 Å². The Morgan fingerprint density at radius 3 is 2.57 bits per heavy atom. The average molecular weight is 299 g/mol. The smallest absolute Gasteiger partial charge is 0.191 e. The number of rotatable bonds is 2. The molecule has 21 heavy (non-hydrogen) atoms. The van der Waals surface area contributed by atoms with Gasteiger partial charge in [0.15, 0.2) is 5.69 Å². The molecule has 0 N–H and O–H groups in total. The molecule has 0 amide bonds. The first-order chi connectivity index (χ1) is 10.2. The van der Waals surface area contributed by atoms with E-state index in [-0.39, 0.29) is 10.7 Å². The molecular weight excluding hydrogens is 291 g/mol. The fourth-order valence-corrected chi connectivity index (χ4v) is 2.18. The summed E-state index contributed by atoms with van der Waals surface area (Å²) >= 11 is 5.80. The van der Waals surface area contributed by atoms with Gasteiger partial charge in [0.25, 0.3) is 0 Å². The molecule has 1 heterocycles. The molecule has 0 aliphatic rings. The fraction of sp³-hybridized carbons (Fsp3) is 0. The second kappa shape index (κ2) is 5.35. The van der Waals surface area contributed by atoms with Gasteiger partial charge in [-0.3, -0.25) is 0 Å². The molecule has 0 radical (unpaired) electrons. The van der Waals surface area contributed by atoms with Gasteiger partial charge in [-0.05, 0) is 18.2 Å². The number of nitrogens with zero attached hydrogens (tertiary/aromatic N) is 4. The molecule has 0 saturated heterocycles. The van der Waals surface area contributed by atoms with E-state index in [1.54, 1.807) is 0 Å². The Labute approximate surface area is 125 Å². The highest BCUT2D eigenvalue weighted by atomic mass is 35.5. The lowest BCUT2D eigenvalue weighted by Crippen LogP contribution is -2.00. The van der Waals surface area contributed by atoms with Crippen molar-refractivity contribution in [1.82, 2.24) is 15.0 Å². The fourth-order valence-electron chi connectivity index (χ4n) is 2.01. The molecule has 3 rings (SSSR count). The number of aromatic nitrogens is 3. The SMILES string of the molecule is N#Cc1nnn(-c2ccc(F)c(Cl)c2)c1-c1ccccc1. The zero-order valence-electron chi connectivity index (χ0n) is 10.7. The molecule has 0 unspecified atom stereocenters. The summed E-state index contributed by atoms with van der Waals surface area (Å²) in [6, 6.07) is 15.5. The van der Waals surface area contributed by atoms with E-state index in [2.05, 4.69) is 10.3 Å². The molecule has 0 spiro atoms. The normalized spacial score (nSPS) is 10.3. The van der Waals surface area contributed by atoms with Crippen LogP contribution in [0.4, 0.5) is 4.39 Å². The Morgan fingerprint density at radius 2 is 1.90 bits per heavy atom. The van der Waals surface area contributed by atoms with Gasteiger partial charge in [0, 0.05) is 5.56 Å². The molecule has 2 aromatic carbocycles. The summed E-state index contributed by atoms with van der Waals surface area (Å²) in [5, 5.41) is 17.0. The standard InChI is InChI=1S/C15H8ClFN4/c16-12-8-11(6-7-13(12)17)21-15(14(9-18)19-20-21)10-4-2-1-3-5-10/h1-8H. The molecule has 0 bridgehead atoms. The number of hydrogen-bond acceptors (Lipinski definition) is 3. The van der Waals surface area contributed by atoms with Crippen molar-refractivity contribution in [2.24, 2.45) is 0 Å². The lowest BCUT2D eigenvalue weighted by atomic mass is 10.1. The largest absolute Gasteiger partial charge is 0.211 e. The van der Waals surface area contributed by atoms with Crippen LogP contribution in [0, 0.1) is 17.1 Å². The van der Waals surface area contributed by atoms with Crippen molar-refractivity contribution < 1.29 is 4.39 Å². The number of halogens is 2. The Kier molecular flexibility index (Phi) is 3.38. The van der Waals surface area contributed by atoms with Crippen LogP contribution >= 0.6 is 11.6 Å². The van der Waals surface area contributed by atoms with Crippen LogP contribution in [0.15, 0.2) is 48.5 Å². The molecule has 0 aliphatic heterocycles.